The number of nitrogens with zero attached hydrogens (tertiary/aromatic N) is 2. The van der Waals surface area contributed by atoms with Gasteiger partial charge in [0.15, 0.2) is 0 Å². The predicted octanol–water partition coefficient (Wildman–Crippen LogP) is 0.287. The summed E-state index contributed by atoms with van der Waals surface area (Å²) >= 11 is 0. The molecule has 1 aliphatic heterocycles. The van der Waals surface area contributed by atoms with Crippen molar-refractivity contribution < 1.29 is 26.7 Å². The Morgan fingerprint density at radius 3 is 1.94 bits per heavy atom. The topological polar surface area (TPSA) is 49.6 Å². The van der Waals surface area contributed by atoms with E-state index in [1.165, 1.54) is 0 Å². The summed E-state index contributed by atoms with van der Waals surface area (Å²) in [5, 5.41) is 0. The van der Waals surface area contributed by atoms with E-state index in [0.717, 1.165) is 0 Å². The van der Waals surface area contributed by atoms with E-state index in [4.69, 9.17) is 5.73 Å². The number of carbonyl (C=O) groups is 1. The summed E-state index contributed by atoms with van der Waals surface area (Å²) in [5.74, 6) is -7.49. The molecule has 18 heavy (non-hydrogen) atoms. The normalized spacial score (nSPS) is 19.1. The fraction of sp³-hybridized carbons (Fsp3) is 0.889. The van der Waals surface area contributed by atoms with Crippen LogP contribution >= 0.6 is 0 Å². The third kappa shape index (κ3) is 3.08. The molecule has 0 aliphatic carbocycles. The highest BCUT2D eigenvalue weighted by atomic mass is 19.4. The van der Waals surface area contributed by atoms with Crippen LogP contribution < -0.4 is 5.73 Å². The third-order valence-electron chi connectivity index (χ3n) is 2.73. The molecule has 4 nitrogen and oxygen atoms in total. The van der Waals surface area contributed by atoms with Gasteiger partial charge in [0.1, 0.15) is 0 Å². The first-order chi connectivity index (χ1) is 8.20. The van der Waals surface area contributed by atoms with E-state index in [1.807, 2.05) is 0 Å². The van der Waals surface area contributed by atoms with E-state index >= 15 is 0 Å². The average molecular weight is 275 g/mol. The van der Waals surface area contributed by atoms with Crippen LogP contribution in [0.25, 0.3) is 0 Å². The summed E-state index contributed by atoms with van der Waals surface area (Å²) in [6, 6.07) is 0. The van der Waals surface area contributed by atoms with Crippen molar-refractivity contribution in [3.8, 4) is 0 Å². The molecule has 0 spiro atoms. The molecule has 1 heterocycles. The van der Waals surface area contributed by atoms with Crippen LogP contribution in [-0.2, 0) is 4.79 Å². The van der Waals surface area contributed by atoms with Gasteiger partial charge in [-0.25, -0.2) is 0 Å². The Labute approximate surface area is 101 Å². The second-order valence-corrected chi connectivity index (χ2v) is 3.99. The van der Waals surface area contributed by atoms with Crippen LogP contribution in [0.5, 0.6) is 0 Å². The summed E-state index contributed by atoms with van der Waals surface area (Å²) in [6.07, 6.45) is -5.85. The van der Waals surface area contributed by atoms with Gasteiger partial charge < -0.3 is 10.6 Å². The smallest absolute Gasteiger partial charge is 0.335 e. The molecule has 0 aromatic rings. The Kier molecular flexibility index (Phi) is 4.49. The first kappa shape index (κ1) is 15.1. The lowest BCUT2D eigenvalue weighted by Gasteiger charge is -2.36. The molecule has 1 saturated heterocycles. The maximum Gasteiger partial charge on any atom is 0.463 e. The van der Waals surface area contributed by atoms with E-state index in [2.05, 4.69) is 0 Å². The number of rotatable bonds is 3. The standard InChI is InChI=1S/C9H14F5N3O/c10-8(11,9(12,13)14)7(18)17-5-3-16(2-1-15)4-6-17/h1-6,15H2. The fourth-order valence-electron chi connectivity index (χ4n) is 1.68. The van der Waals surface area contributed by atoms with Gasteiger partial charge in [-0.3, -0.25) is 9.69 Å². The zero-order valence-corrected chi connectivity index (χ0v) is 9.51. The van der Waals surface area contributed by atoms with Crippen LogP contribution in [0.4, 0.5) is 22.0 Å². The molecule has 106 valence electrons. The maximum absolute atomic E-state index is 12.8. The molecular weight excluding hydrogens is 261 g/mol. The molecule has 1 aliphatic rings. The van der Waals surface area contributed by atoms with E-state index < -0.39 is 18.0 Å². The van der Waals surface area contributed by atoms with Gasteiger partial charge in [-0.1, -0.05) is 0 Å². The second kappa shape index (κ2) is 5.35. The summed E-state index contributed by atoms with van der Waals surface area (Å²) in [7, 11) is 0. The number of halogens is 5. The number of hydrogen-bond acceptors (Lipinski definition) is 3. The molecule has 0 atom stereocenters. The van der Waals surface area contributed by atoms with Gasteiger partial charge in [-0.05, 0) is 0 Å². The zero-order chi connectivity index (χ0) is 14.0. The maximum atomic E-state index is 12.8. The zero-order valence-electron chi connectivity index (χ0n) is 9.51. The van der Waals surface area contributed by atoms with Gasteiger partial charge in [0, 0.05) is 39.3 Å². The molecule has 0 unspecified atom stereocenters. The molecule has 0 bridgehead atoms. The Hall–Kier alpha value is -0.960. The van der Waals surface area contributed by atoms with Crippen molar-refractivity contribution in [1.29, 1.82) is 0 Å². The van der Waals surface area contributed by atoms with Crippen LogP contribution in [0.3, 0.4) is 0 Å². The Bertz CT molecular complexity index is 299. The molecule has 1 fully saturated rings. The number of nitrogens with two attached hydrogens (primary N) is 1. The van der Waals surface area contributed by atoms with Gasteiger partial charge >= 0.3 is 18.0 Å². The molecule has 9 heteroatoms. The van der Waals surface area contributed by atoms with E-state index in [9.17, 15) is 26.7 Å². The van der Waals surface area contributed by atoms with Crippen LogP contribution in [0, 0.1) is 0 Å². The molecule has 2 N–H and O–H groups in total. The highest BCUT2D eigenvalue weighted by Gasteiger charge is 2.64. The van der Waals surface area contributed by atoms with Crippen LogP contribution in [0.1, 0.15) is 0 Å². The average Bonchev–Trinajstić information content (AvgIpc) is 2.28. The Morgan fingerprint density at radius 1 is 1.06 bits per heavy atom. The third-order valence-corrected chi connectivity index (χ3v) is 2.73. The molecule has 0 saturated carbocycles. The van der Waals surface area contributed by atoms with E-state index in [-0.39, 0.29) is 26.2 Å². The lowest BCUT2D eigenvalue weighted by molar-refractivity contribution is -0.274. The van der Waals surface area contributed by atoms with Crippen LogP contribution in [0.2, 0.25) is 0 Å². The second-order valence-electron chi connectivity index (χ2n) is 3.99. The fourth-order valence-corrected chi connectivity index (χ4v) is 1.68. The molecule has 0 radical (unpaired) electrons. The highest BCUT2D eigenvalue weighted by molar-refractivity contribution is 5.84. The lowest BCUT2D eigenvalue weighted by Crippen LogP contribution is -2.57. The SMILES string of the molecule is NCCN1CCN(C(=O)C(F)(F)C(F)(F)F)CC1. The number of amides is 1. The van der Waals surface area contributed by atoms with Crippen molar-refractivity contribution >= 4 is 5.91 Å². The summed E-state index contributed by atoms with van der Waals surface area (Å²) in [5.41, 5.74) is 5.29. The molecule has 0 aromatic heterocycles. The number of carbonyl (C=O) groups excluding carboxylic acids is 1. The Balaban J connectivity index is 2.60. The van der Waals surface area contributed by atoms with Crippen molar-refractivity contribution in [2.75, 3.05) is 39.3 Å². The molecule has 0 aromatic carbocycles. The van der Waals surface area contributed by atoms with E-state index in [1.54, 1.807) is 4.90 Å². The van der Waals surface area contributed by atoms with Gasteiger partial charge in [-0.15, -0.1) is 0 Å². The first-order valence-corrected chi connectivity index (χ1v) is 5.36. The quantitative estimate of drug-likeness (QED) is 0.753. The van der Waals surface area contributed by atoms with Crippen molar-refractivity contribution in [3.05, 3.63) is 0 Å². The van der Waals surface area contributed by atoms with Gasteiger partial charge in [0.25, 0.3) is 0 Å². The lowest BCUT2D eigenvalue weighted by atomic mass is 10.2. The summed E-state index contributed by atoms with van der Waals surface area (Å²) in [4.78, 5) is 13.5. The Morgan fingerprint density at radius 2 is 1.56 bits per heavy atom. The van der Waals surface area contributed by atoms with Crippen molar-refractivity contribution in [1.82, 2.24) is 9.80 Å². The number of hydrogen-bond donors (Lipinski definition) is 1. The van der Waals surface area contributed by atoms with Gasteiger partial charge in [0.05, 0.1) is 0 Å². The monoisotopic (exact) mass is 275 g/mol. The highest BCUT2D eigenvalue weighted by Crippen LogP contribution is 2.37. The molecule has 1 amide bonds. The minimum absolute atomic E-state index is 0.148. The van der Waals surface area contributed by atoms with Crippen molar-refractivity contribution in [2.45, 2.75) is 12.1 Å². The predicted molar refractivity (Wildman–Crippen MR) is 53.1 cm³/mol. The van der Waals surface area contributed by atoms with Crippen molar-refractivity contribution in [2.24, 2.45) is 5.73 Å². The summed E-state index contributed by atoms with van der Waals surface area (Å²) in [6.45, 7) is 1.09. The summed E-state index contributed by atoms with van der Waals surface area (Å²) < 4.78 is 61.6. The number of alkyl halides is 5. The van der Waals surface area contributed by atoms with Crippen LogP contribution in [-0.4, -0.2) is 67.1 Å². The minimum Gasteiger partial charge on any atom is -0.335 e. The van der Waals surface area contributed by atoms with Gasteiger partial charge in [0.2, 0.25) is 0 Å². The molecular formula is C9H14F5N3O. The first-order valence-electron chi connectivity index (χ1n) is 5.36. The van der Waals surface area contributed by atoms with Crippen LogP contribution in [0.15, 0.2) is 0 Å². The van der Waals surface area contributed by atoms with E-state index in [0.29, 0.717) is 18.0 Å². The number of piperazine rings is 1. The van der Waals surface area contributed by atoms with Crippen molar-refractivity contribution in [3.63, 3.8) is 0 Å². The largest absolute Gasteiger partial charge is 0.463 e. The van der Waals surface area contributed by atoms with Gasteiger partial charge in [-0.2, -0.15) is 22.0 Å². The minimum atomic E-state index is -5.85. The molecule has 1 rings (SSSR count).